The highest BCUT2D eigenvalue weighted by molar-refractivity contribution is 5.79. The Morgan fingerprint density at radius 2 is 2.28 bits per heavy atom. The summed E-state index contributed by atoms with van der Waals surface area (Å²) in [5.41, 5.74) is 0.953. The molecule has 6 heteroatoms. The van der Waals surface area contributed by atoms with E-state index in [1.165, 1.54) is 0 Å². The highest BCUT2D eigenvalue weighted by Gasteiger charge is 2.39. The molecule has 0 N–H and O–H groups in total. The maximum Gasteiger partial charge on any atom is 0.227 e. The van der Waals surface area contributed by atoms with Crippen molar-refractivity contribution in [2.75, 3.05) is 33.4 Å². The number of hydrogen-bond acceptors (Lipinski definition) is 4. The SMILES string of the molecule is COCCCN1C(=O)CC[C@H]2CN(C(=O)Cc3cccnc3)CC[C@H]21. The zero-order valence-electron chi connectivity index (χ0n) is 14.9. The van der Waals surface area contributed by atoms with Gasteiger partial charge in [-0.15, -0.1) is 0 Å². The first-order chi connectivity index (χ1) is 12.2. The number of rotatable bonds is 6. The van der Waals surface area contributed by atoms with Crippen molar-refractivity contribution in [2.24, 2.45) is 5.92 Å². The third-order valence-electron chi connectivity index (χ3n) is 5.32. The van der Waals surface area contributed by atoms with Crippen molar-refractivity contribution in [3.05, 3.63) is 30.1 Å². The highest BCUT2D eigenvalue weighted by atomic mass is 16.5. The number of ether oxygens (including phenoxy) is 1. The number of methoxy groups -OCH3 is 1. The molecular weight excluding hydrogens is 318 g/mol. The van der Waals surface area contributed by atoms with E-state index in [-0.39, 0.29) is 17.9 Å². The van der Waals surface area contributed by atoms with E-state index in [0.717, 1.165) is 44.5 Å². The van der Waals surface area contributed by atoms with E-state index in [4.69, 9.17) is 4.74 Å². The van der Waals surface area contributed by atoms with Gasteiger partial charge in [0.15, 0.2) is 0 Å². The predicted octanol–water partition coefficient (Wildman–Crippen LogP) is 1.50. The maximum absolute atomic E-state index is 12.6. The minimum absolute atomic E-state index is 0.161. The number of hydrogen-bond donors (Lipinski definition) is 0. The fraction of sp³-hybridized carbons (Fsp3) is 0.632. The fourth-order valence-electron chi connectivity index (χ4n) is 4.04. The molecule has 0 saturated carbocycles. The molecule has 3 heterocycles. The lowest BCUT2D eigenvalue weighted by Gasteiger charge is -2.47. The molecule has 0 aliphatic carbocycles. The van der Waals surface area contributed by atoms with E-state index in [1.807, 2.05) is 21.9 Å². The number of carbonyl (C=O) groups excluding carboxylic acids is 2. The minimum atomic E-state index is 0.161. The average Bonchev–Trinajstić information content (AvgIpc) is 2.64. The molecule has 0 unspecified atom stereocenters. The largest absolute Gasteiger partial charge is 0.385 e. The van der Waals surface area contributed by atoms with Crippen molar-refractivity contribution in [2.45, 2.75) is 38.1 Å². The highest BCUT2D eigenvalue weighted by Crippen LogP contribution is 2.31. The van der Waals surface area contributed by atoms with Crippen molar-refractivity contribution in [3.8, 4) is 0 Å². The Hall–Kier alpha value is -1.95. The summed E-state index contributed by atoms with van der Waals surface area (Å²) in [4.78, 5) is 33.0. The maximum atomic E-state index is 12.6. The van der Waals surface area contributed by atoms with Gasteiger partial charge < -0.3 is 14.5 Å². The Balaban J connectivity index is 1.57. The van der Waals surface area contributed by atoms with Gasteiger partial charge in [0, 0.05) is 58.2 Å². The van der Waals surface area contributed by atoms with Gasteiger partial charge in [0.25, 0.3) is 0 Å². The van der Waals surface area contributed by atoms with Gasteiger partial charge in [0.1, 0.15) is 0 Å². The van der Waals surface area contributed by atoms with Crippen molar-refractivity contribution in [3.63, 3.8) is 0 Å². The average molecular weight is 345 g/mol. The number of amides is 2. The molecule has 0 aromatic carbocycles. The van der Waals surface area contributed by atoms with Gasteiger partial charge in [-0.2, -0.15) is 0 Å². The monoisotopic (exact) mass is 345 g/mol. The van der Waals surface area contributed by atoms with Crippen LogP contribution >= 0.6 is 0 Å². The van der Waals surface area contributed by atoms with Crippen LogP contribution in [0.25, 0.3) is 0 Å². The van der Waals surface area contributed by atoms with Crippen LogP contribution < -0.4 is 0 Å². The number of carbonyl (C=O) groups is 2. The number of likely N-dealkylation sites (tertiary alicyclic amines) is 2. The third kappa shape index (κ3) is 4.37. The molecule has 25 heavy (non-hydrogen) atoms. The Morgan fingerprint density at radius 3 is 3.04 bits per heavy atom. The molecule has 3 rings (SSSR count). The van der Waals surface area contributed by atoms with Gasteiger partial charge in [0.2, 0.25) is 11.8 Å². The van der Waals surface area contributed by atoms with E-state index in [2.05, 4.69) is 4.98 Å². The summed E-state index contributed by atoms with van der Waals surface area (Å²) >= 11 is 0. The fourth-order valence-corrected chi connectivity index (χ4v) is 4.04. The first-order valence-corrected chi connectivity index (χ1v) is 9.14. The van der Waals surface area contributed by atoms with Gasteiger partial charge in [-0.3, -0.25) is 14.6 Å². The van der Waals surface area contributed by atoms with Crippen LogP contribution in [0.3, 0.4) is 0 Å². The van der Waals surface area contributed by atoms with E-state index in [9.17, 15) is 9.59 Å². The van der Waals surface area contributed by atoms with Gasteiger partial charge in [-0.1, -0.05) is 6.07 Å². The summed E-state index contributed by atoms with van der Waals surface area (Å²) in [6.45, 7) is 2.93. The number of pyridine rings is 1. The normalized spacial score (nSPS) is 23.5. The third-order valence-corrected chi connectivity index (χ3v) is 5.32. The van der Waals surface area contributed by atoms with Gasteiger partial charge in [-0.05, 0) is 36.8 Å². The van der Waals surface area contributed by atoms with Crippen LogP contribution in [0.2, 0.25) is 0 Å². The summed E-state index contributed by atoms with van der Waals surface area (Å²) in [6, 6.07) is 4.08. The number of piperidine rings is 2. The topological polar surface area (TPSA) is 62.7 Å². The predicted molar refractivity (Wildman–Crippen MR) is 93.9 cm³/mol. The Kier molecular flexibility index (Phi) is 6.02. The van der Waals surface area contributed by atoms with Crippen LogP contribution in [0.1, 0.15) is 31.2 Å². The molecule has 0 radical (unpaired) electrons. The van der Waals surface area contributed by atoms with E-state index in [0.29, 0.717) is 25.4 Å². The quantitative estimate of drug-likeness (QED) is 0.733. The summed E-state index contributed by atoms with van der Waals surface area (Å²) in [6.07, 6.45) is 7.11. The molecule has 136 valence electrons. The molecule has 2 amide bonds. The van der Waals surface area contributed by atoms with Crippen molar-refractivity contribution >= 4 is 11.8 Å². The number of fused-ring (bicyclic) bond motifs is 1. The van der Waals surface area contributed by atoms with Crippen molar-refractivity contribution in [1.82, 2.24) is 14.8 Å². The Labute approximate surface area is 149 Å². The van der Waals surface area contributed by atoms with Crippen molar-refractivity contribution < 1.29 is 14.3 Å². The smallest absolute Gasteiger partial charge is 0.227 e. The van der Waals surface area contributed by atoms with Crippen molar-refractivity contribution in [1.29, 1.82) is 0 Å². The summed E-state index contributed by atoms with van der Waals surface area (Å²) in [5.74, 6) is 0.814. The first-order valence-electron chi connectivity index (χ1n) is 9.14. The van der Waals surface area contributed by atoms with Gasteiger partial charge >= 0.3 is 0 Å². The lowest BCUT2D eigenvalue weighted by Crippen LogP contribution is -2.57. The van der Waals surface area contributed by atoms with Crippen LogP contribution in [-0.4, -0.2) is 66.0 Å². The lowest BCUT2D eigenvalue weighted by atomic mass is 9.83. The summed E-state index contributed by atoms with van der Waals surface area (Å²) in [5, 5.41) is 0. The van der Waals surface area contributed by atoms with Crippen LogP contribution in [0.15, 0.2) is 24.5 Å². The van der Waals surface area contributed by atoms with Gasteiger partial charge in [-0.25, -0.2) is 0 Å². The lowest BCUT2D eigenvalue weighted by molar-refractivity contribution is -0.144. The molecule has 6 nitrogen and oxygen atoms in total. The number of aromatic nitrogens is 1. The molecule has 2 atom stereocenters. The van der Waals surface area contributed by atoms with Crippen LogP contribution in [0.5, 0.6) is 0 Å². The van der Waals surface area contributed by atoms with E-state index in [1.54, 1.807) is 19.5 Å². The summed E-state index contributed by atoms with van der Waals surface area (Å²) < 4.78 is 5.11. The molecule has 0 bridgehead atoms. The molecule has 2 saturated heterocycles. The second-order valence-corrected chi connectivity index (χ2v) is 6.97. The van der Waals surface area contributed by atoms with Crippen LogP contribution in [-0.2, 0) is 20.7 Å². The molecule has 0 spiro atoms. The van der Waals surface area contributed by atoms with Crippen LogP contribution in [0, 0.1) is 5.92 Å². The Morgan fingerprint density at radius 1 is 1.40 bits per heavy atom. The van der Waals surface area contributed by atoms with E-state index < -0.39 is 0 Å². The molecule has 1 aromatic heterocycles. The minimum Gasteiger partial charge on any atom is -0.385 e. The van der Waals surface area contributed by atoms with Gasteiger partial charge in [0.05, 0.1) is 6.42 Å². The summed E-state index contributed by atoms with van der Waals surface area (Å²) in [7, 11) is 1.69. The zero-order chi connectivity index (χ0) is 17.6. The molecule has 1 aromatic rings. The standard InChI is InChI=1S/C19H27N3O3/c1-25-11-3-9-22-17-7-10-21(14-16(17)5-6-18(22)23)19(24)12-15-4-2-8-20-13-15/h2,4,8,13,16-17H,3,5-7,9-12,14H2,1H3/t16-,17+/m0/s1. The zero-order valence-corrected chi connectivity index (χ0v) is 14.9. The molecular formula is C19H27N3O3. The molecule has 2 aliphatic rings. The van der Waals surface area contributed by atoms with Crippen LogP contribution in [0.4, 0.5) is 0 Å². The van der Waals surface area contributed by atoms with E-state index >= 15 is 0 Å². The second kappa shape index (κ2) is 8.43. The molecule has 2 fully saturated rings. The first kappa shape index (κ1) is 17.9. The Bertz CT molecular complexity index is 593. The number of nitrogens with zero attached hydrogens (tertiary/aromatic N) is 3. The second-order valence-electron chi connectivity index (χ2n) is 6.97. The molecule has 2 aliphatic heterocycles.